The third-order valence-corrected chi connectivity index (χ3v) is 2.27. The van der Waals surface area contributed by atoms with E-state index in [4.69, 9.17) is 5.11 Å². The highest BCUT2D eigenvalue weighted by molar-refractivity contribution is 5.17. The molecule has 0 saturated heterocycles. The molecule has 0 bridgehead atoms. The van der Waals surface area contributed by atoms with Gasteiger partial charge in [-0.2, -0.15) is 0 Å². The molecule has 3 heteroatoms. The van der Waals surface area contributed by atoms with Crippen molar-refractivity contribution in [3.63, 3.8) is 0 Å². The number of aromatic nitrogens is 1. The summed E-state index contributed by atoms with van der Waals surface area (Å²) in [5.41, 5.74) is 1.02. The molecule has 1 aromatic rings. The van der Waals surface area contributed by atoms with Crippen LogP contribution >= 0.6 is 0 Å². The molecule has 84 valence electrons. The minimum Gasteiger partial charge on any atom is -0.506 e. The lowest BCUT2D eigenvalue weighted by atomic mass is 10.3. The van der Waals surface area contributed by atoms with Gasteiger partial charge in [-0.05, 0) is 38.1 Å². The molecule has 1 heterocycles. The Bertz CT molecular complexity index is 265. The van der Waals surface area contributed by atoms with E-state index in [-0.39, 0.29) is 5.75 Å². The van der Waals surface area contributed by atoms with Gasteiger partial charge in [-0.15, -0.1) is 0 Å². The summed E-state index contributed by atoms with van der Waals surface area (Å²) in [7, 11) is 0. The summed E-state index contributed by atoms with van der Waals surface area (Å²) in [6.45, 7) is 7.47. The molecule has 0 spiro atoms. The minimum absolute atomic E-state index is 0.233. The second-order valence-corrected chi connectivity index (χ2v) is 3.78. The molecule has 0 aliphatic carbocycles. The first-order chi connectivity index (χ1) is 7.26. The van der Waals surface area contributed by atoms with Crippen molar-refractivity contribution in [2.24, 2.45) is 0 Å². The van der Waals surface area contributed by atoms with Crippen LogP contribution in [0.5, 0.6) is 5.75 Å². The Morgan fingerprint density at radius 2 is 1.87 bits per heavy atom. The largest absolute Gasteiger partial charge is 0.506 e. The van der Waals surface area contributed by atoms with Crippen LogP contribution < -0.4 is 0 Å². The first-order valence-electron chi connectivity index (χ1n) is 5.62. The number of nitrogens with zero attached hydrogens (tertiary/aromatic N) is 2. The number of aromatic hydroxyl groups is 1. The van der Waals surface area contributed by atoms with E-state index in [1.165, 1.54) is 6.20 Å². The van der Waals surface area contributed by atoms with Gasteiger partial charge in [-0.3, -0.25) is 9.88 Å². The van der Waals surface area contributed by atoms with E-state index in [0.29, 0.717) is 0 Å². The highest BCUT2D eigenvalue weighted by atomic mass is 16.3. The molecule has 0 atom stereocenters. The molecule has 0 unspecified atom stereocenters. The summed E-state index contributed by atoms with van der Waals surface area (Å²) in [5.74, 6) is 0.233. The van der Waals surface area contributed by atoms with Crippen LogP contribution in [0.4, 0.5) is 0 Å². The maximum atomic E-state index is 9.12. The van der Waals surface area contributed by atoms with Gasteiger partial charge in [0.15, 0.2) is 0 Å². The van der Waals surface area contributed by atoms with E-state index in [1.807, 2.05) is 6.07 Å². The summed E-state index contributed by atoms with van der Waals surface area (Å²) in [4.78, 5) is 6.58. The molecular formula is C12H20N2O. The fourth-order valence-electron chi connectivity index (χ4n) is 1.64. The lowest BCUT2D eigenvalue weighted by Crippen LogP contribution is -2.25. The molecular weight excluding hydrogens is 188 g/mol. The summed E-state index contributed by atoms with van der Waals surface area (Å²) < 4.78 is 0. The predicted octanol–water partition coefficient (Wildman–Crippen LogP) is 2.41. The Labute approximate surface area is 91.8 Å². The number of hydrogen-bond donors (Lipinski definition) is 1. The van der Waals surface area contributed by atoms with Gasteiger partial charge in [0.25, 0.3) is 0 Å². The normalized spacial score (nSPS) is 10.9. The Kier molecular flexibility index (Phi) is 5.12. The van der Waals surface area contributed by atoms with Crippen LogP contribution in [0.3, 0.4) is 0 Å². The average molecular weight is 208 g/mol. The fourth-order valence-corrected chi connectivity index (χ4v) is 1.64. The molecule has 0 fully saturated rings. The standard InChI is InChI=1S/C12H20N2O/c1-3-7-14(8-4-2)10-11-5-6-12(15)9-13-11/h5-6,9,15H,3-4,7-8,10H2,1-2H3. The molecule has 1 rings (SSSR count). The molecule has 1 N–H and O–H groups in total. The van der Waals surface area contributed by atoms with Gasteiger partial charge in [0, 0.05) is 6.54 Å². The van der Waals surface area contributed by atoms with E-state index >= 15 is 0 Å². The second kappa shape index (κ2) is 6.40. The van der Waals surface area contributed by atoms with Crippen molar-refractivity contribution in [1.82, 2.24) is 9.88 Å². The van der Waals surface area contributed by atoms with Crippen molar-refractivity contribution in [2.75, 3.05) is 13.1 Å². The fraction of sp³-hybridized carbons (Fsp3) is 0.583. The highest BCUT2D eigenvalue weighted by Crippen LogP contribution is 2.08. The molecule has 0 aliphatic heterocycles. The average Bonchev–Trinajstić information content (AvgIpc) is 2.22. The Morgan fingerprint density at radius 1 is 1.20 bits per heavy atom. The third-order valence-electron chi connectivity index (χ3n) is 2.27. The molecule has 0 saturated carbocycles. The monoisotopic (exact) mass is 208 g/mol. The van der Waals surface area contributed by atoms with Gasteiger partial charge in [0.2, 0.25) is 0 Å². The number of pyridine rings is 1. The Balaban J connectivity index is 2.53. The van der Waals surface area contributed by atoms with Crippen LogP contribution in [0.25, 0.3) is 0 Å². The van der Waals surface area contributed by atoms with E-state index in [1.54, 1.807) is 6.07 Å². The molecule has 0 radical (unpaired) electrons. The minimum atomic E-state index is 0.233. The smallest absolute Gasteiger partial charge is 0.133 e. The zero-order chi connectivity index (χ0) is 11.1. The van der Waals surface area contributed by atoms with Crippen molar-refractivity contribution in [2.45, 2.75) is 33.2 Å². The first kappa shape index (κ1) is 12.0. The van der Waals surface area contributed by atoms with Crippen LogP contribution in [0.2, 0.25) is 0 Å². The van der Waals surface area contributed by atoms with Crippen LogP contribution in [0, 0.1) is 0 Å². The van der Waals surface area contributed by atoms with Crippen LogP contribution in [0.1, 0.15) is 32.4 Å². The molecule has 0 aliphatic rings. The maximum Gasteiger partial charge on any atom is 0.133 e. The highest BCUT2D eigenvalue weighted by Gasteiger charge is 2.04. The summed E-state index contributed by atoms with van der Waals surface area (Å²) >= 11 is 0. The topological polar surface area (TPSA) is 36.4 Å². The molecule has 0 amide bonds. The van der Waals surface area contributed by atoms with E-state index in [0.717, 1.165) is 38.2 Å². The summed E-state index contributed by atoms with van der Waals surface area (Å²) in [6, 6.07) is 3.58. The van der Waals surface area contributed by atoms with E-state index in [9.17, 15) is 0 Å². The Hall–Kier alpha value is -1.09. The lowest BCUT2D eigenvalue weighted by molar-refractivity contribution is 0.263. The van der Waals surface area contributed by atoms with Crippen LogP contribution in [-0.4, -0.2) is 28.1 Å². The SMILES string of the molecule is CCCN(CCC)Cc1ccc(O)cn1. The Morgan fingerprint density at radius 3 is 2.33 bits per heavy atom. The van der Waals surface area contributed by atoms with E-state index < -0.39 is 0 Å². The quantitative estimate of drug-likeness (QED) is 0.780. The van der Waals surface area contributed by atoms with Gasteiger partial charge in [-0.25, -0.2) is 0 Å². The van der Waals surface area contributed by atoms with Gasteiger partial charge >= 0.3 is 0 Å². The molecule has 0 aromatic carbocycles. The summed E-state index contributed by atoms with van der Waals surface area (Å²) in [5, 5.41) is 9.12. The zero-order valence-corrected chi connectivity index (χ0v) is 9.61. The van der Waals surface area contributed by atoms with Gasteiger partial charge in [0.1, 0.15) is 5.75 Å². The second-order valence-electron chi connectivity index (χ2n) is 3.78. The zero-order valence-electron chi connectivity index (χ0n) is 9.61. The lowest BCUT2D eigenvalue weighted by Gasteiger charge is -2.20. The van der Waals surface area contributed by atoms with Crippen molar-refractivity contribution >= 4 is 0 Å². The molecule has 1 aromatic heterocycles. The van der Waals surface area contributed by atoms with Gasteiger partial charge in [-0.1, -0.05) is 13.8 Å². The maximum absolute atomic E-state index is 9.12. The first-order valence-corrected chi connectivity index (χ1v) is 5.62. The van der Waals surface area contributed by atoms with Crippen molar-refractivity contribution in [3.05, 3.63) is 24.0 Å². The molecule has 15 heavy (non-hydrogen) atoms. The van der Waals surface area contributed by atoms with Crippen molar-refractivity contribution in [3.8, 4) is 5.75 Å². The van der Waals surface area contributed by atoms with Crippen LogP contribution in [0.15, 0.2) is 18.3 Å². The number of rotatable bonds is 6. The number of hydrogen-bond acceptors (Lipinski definition) is 3. The van der Waals surface area contributed by atoms with Crippen molar-refractivity contribution < 1.29 is 5.11 Å². The van der Waals surface area contributed by atoms with Gasteiger partial charge in [0.05, 0.1) is 11.9 Å². The molecule has 3 nitrogen and oxygen atoms in total. The van der Waals surface area contributed by atoms with E-state index in [2.05, 4.69) is 23.7 Å². The predicted molar refractivity (Wildman–Crippen MR) is 61.8 cm³/mol. The third kappa shape index (κ3) is 4.30. The van der Waals surface area contributed by atoms with Crippen LogP contribution in [-0.2, 0) is 6.54 Å². The van der Waals surface area contributed by atoms with Crippen molar-refractivity contribution in [1.29, 1.82) is 0 Å². The van der Waals surface area contributed by atoms with Gasteiger partial charge < -0.3 is 5.11 Å². The summed E-state index contributed by atoms with van der Waals surface area (Å²) in [6.07, 6.45) is 3.83.